The van der Waals surface area contributed by atoms with Crippen LogP contribution in [-0.2, 0) is 12.4 Å². The molecule has 0 bridgehead atoms. The van der Waals surface area contributed by atoms with Crippen molar-refractivity contribution < 1.29 is 0 Å². The number of fused-ring (bicyclic) bond motifs is 1. The number of pyridine rings is 2. The second-order valence-electron chi connectivity index (χ2n) is 4.51. The molecule has 0 radical (unpaired) electrons. The molecule has 102 valence electrons. The summed E-state index contributed by atoms with van der Waals surface area (Å²) in [4.78, 5) is 13.5. The summed E-state index contributed by atoms with van der Waals surface area (Å²) < 4.78 is 2.92. The van der Waals surface area contributed by atoms with Crippen molar-refractivity contribution in [3.05, 3.63) is 52.1 Å². The van der Waals surface area contributed by atoms with E-state index >= 15 is 0 Å². The molecule has 20 heavy (non-hydrogen) atoms. The minimum atomic E-state index is 0.347. The Balaban J connectivity index is 2.10. The number of halogens is 2. The van der Waals surface area contributed by atoms with Gasteiger partial charge >= 0.3 is 0 Å². The van der Waals surface area contributed by atoms with Crippen LogP contribution >= 0.6 is 27.5 Å². The zero-order valence-corrected chi connectivity index (χ0v) is 13.2. The van der Waals surface area contributed by atoms with E-state index in [1.165, 1.54) is 0 Å². The summed E-state index contributed by atoms with van der Waals surface area (Å²) in [5.74, 6) is 1.15. The van der Waals surface area contributed by atoms with Gasteiger partial charge in [-0.05, 0) is 41.1 Å². The molecule has 3 heterocycles. The van der Waals surface area contributed by atoms with Gasteiger partial charge in [0.05, 0.1) is 18.1 Å². The molecule has 4 nitrogen and oxygen atoms in total. The minimum Gasteiger partial charge on any atom is -0.306 e. The number of hydrogen-bond acceptors (Lipinski definition) is 3. The lowest BCUT2D eigenvalue weighted by molar-refractivity contribution is 0.748. The van der Waals surface area contributed by atoms with Gasteiger partial charge in [0.1, 0.15) is 11.3 Å². The molecule has 0 saturated heterocycles. The van der Waals surface area contributed by atoms with Crippen molar-refractivity contribution in [1.82, 2.24) is 19.5 Å². The first kappa shape index (κ1) is 13.5. The van der Waals surface area contributed by atoms with Crippen molar-refractivity contribution in [2.75, 3.05) is 0 Å². The van der Waals surface area contributed by atoms with Crippen LogP contribution in [0.15, 0.2) is 34.9 Å². The molecule has 3 rings (SSSR count). The Labute approximate surface area is 130 Å². The first-order chi connectivity index (χ1) is 9.67. The van der Waals surface area contributed by atoms with Crippen LogP contribution in [0.25, 0.3) is 11.2 Å². The Kier molecular flexibility index (Phi) is 3.72. The van der Waals surface area contributed by atoms with Gasteiger partial charge in [0, 0.05) is 16.4 Å². The van der Waals surface area contributed by atoms with Crippen LogP contribution in [-0.4, -0.2) is 19.5 Å². The second kappa shape index (κ2) is 5.50. The molecular weight excluding hydrogens is 340 g/mol. The summed E-state index contributed by atoms with van der Waals surface area (Å²) in [5, 5.41) is 0. The quantitative estimate of drug-likeness (QED) is 0.676. The van der Waals surface area contributed by atoms with Gasteiger partial charge in [0.2, 0.25) is 0 Å². The molecule has 0 N–H and O–H groups in total. The first-order valence-electron chi connectivity index (χ1n) is 6.16. The van der Waals surface area contributed by atoms with E-state index in [2.05, 4.69) is 30.9 Å². The molecule has 3 aromatic heterocycles. The SMILES string of the molecule is Cc1cccc(Cn2c(CCl)nc3cc(Br)cnc32)n1. The molecule has 0 aliphatic carbocycles. The number of nitrogens with zero attached hydrogens (tertiary/aromatic N) is 4. The lowest BCUT2D eigenvalue weighted by Crippen LogP contribution is -2.06. The Morgan fingerprint density at radius 1 is 1.30 bits per heavy atom. The zero-order chi connectivity index (χ0) is 14.1. The van der Waals surface area contributed by atoms with Crippen molar-refractivity contribution in [2.45, 2.75) is 19.3 Å². The maximum Gasteiger partial charge on any atom is 0.160 e. The van der Waals surface area contributed by atoms with E-state index in [9.17, 15) is 0 Å². The third kappa shape index (κ3) is 2.55. The number of imidazole rings is 1. The van der Waals surface area contributed by atoms with Gasteiger partial charge < -0.3 is 4.57 Å². The summed E-state index contributed by atoms with van der Waals surface area (Å²) >= 11 is 9.41. The molecular formula is C14H12BrClN4. The number of rotatable bonds is 3. The van der Waals surface area contributed by atoms with Gasteiger partial charge in [-0.2, -0.15) is 0 Å². The van der Waals surface area contributed by atoms with Crippen LogP contribution in [0.4, 0.5) is 0 Å². The topological polar surface area (TPSA) is 43.6 Å². The van der Waals surface area contributed by atoms with Crippen LogP contribution in [0, 0.1) is 6.92 Å². The molecule has 0 spiro atoms. The fourth-order valence-corrected chi connectivity index (χ4v) is 2.67. The molecule has 0 aliphatic rings. The maximum atomic E-state index is 6.00. The Hall–Kier alpha value is -1.46. The number of aromatic nitrogens is 4. The van der Waals surface area contributed by atoms with E-state index in [1.807, 2.05) is 35.8 Å². The fourth-order valence-electron chi connectivity index (χ4n) is 2.15. The van der Waals surface area contributed by atoms with E-state index in [0.717, 1.165) is 32.8 Å². The smallest absolute Gasteiger partial charge is 0.160 e. The molecule has 0 amide bonds. The largest absolute Gasteiger partial charge is 0.306 e. The van der Waals surface area contributed by atoms with E-state index in [0.29, 0.717) is 12.4 Å². The van der Waals surface area contributed by atoms with Gasteiger partial charge in [0.15, 0.2) is 5.65 Å². The van der Waals surface area contributed by atoms with Crippen LogP contribution in [0.5, 0.6) is 0 Å². The van der Waals surface area contributed by atoms with Crippen LogP contribution in [0.1, 0.15) is 17.2 Å². The summed E-state index contributed by atoms with van der Waals surface area (Å²) in [6, 6.07) is 7.92. The van der Waals surface area contributed by atoms with Crippen molar-refractivity contribution in [3.8, 4) is 0 Å². The van der Waals surface area contributed by atoms with Gasteiger partial charge in [-0.25, -0.2) is 9.97 Å². The average Bonchev–Trinajstić information content (AvgIpc) is 2.76. The summed E-state index contributed by atoms with van der Waals surface area (Å²) in [6.45, 7) is 2.60. The molecule has 0 aromatic carbocycles. The third-order valence-electron chi connectivity index (χ3n) is 3.02. The van der Waals surface area contributed by atoms with E-state index < -0.39 is 0 Å². The van der Waals surface area contributed by atoms with Gasteiger partial charge in [-0.15, -0.1) is 11.6 Å². The predicted octanol–water partition coefficient (Wildman–Crippen LogP) is 3.68. The number of aryl methyl sites for hydroxylation is 1. The molecule has 0 aliphatic heterocycles. The lowest BCUT2D eigenvalue weighted by atomic mass is 10.3. The molecule has 0 atom stereocenters. The van der Waals surface area contributed by atoms with Crippen molar-refractivity contribution in [3.63, 3.8) is 0 Å². The summed E-state index contributed by atoms with van der Waals surface area (Å²) in [6.07, 6.45) is 1.77. The predicted molar refractivity (Wildman–Crippen MR) is 82.9 cm³/mol. The third-order valence-corrected chi connectivity index (χ3v) is 3.69. The highest BCUT2D eigenvalue weighted by Crippen LogP contribution is 2.20. The highest BCUT2D eigenvalue weighted by molar-refractivity contribution is 9.10. The summed E-state index contributed by atoms with van der Waals surface area (Å²) in [7, 11) is 0. The average molecular weight is 352 g/mol. The highest BCUT2D eigenvalue weighted by atomic mass is 79.9. The van der Waals surface area contributed by atoms with E-state index in [1.54, 1.807) is 6.20 Å². The van der Waals surface area contributed by atoms with Crippen molar-refractivity contribution >= 4 is 38.7 Å². The Morgan fingerprint density at radius 3 is 2.90 bits per heavy atom. The van der Waals surface area contributed by atoms with Crippen LogP contribution in [0.2, 0.25) is 0 Å². The monoisotopic (exact) mass is 350 g/mol. The van der Waals surface area contributed by atoms with Gasteiger partial charge in [-0.3, -0.25) is 4.98 Å². The molecule has 0 saturated carbocycles. The maximum absolute atomic E-state index is 6.00. The Morgan fingerprint density at radius 2 is 2.15 bits per heavy atom. The number of hydrogen-bond donors (Lipinski definition) is 0. The standard InChI is InChI=1S/C14H12BrClN4/c1-9-3-2-4-11(18-9)8-20-13(6-16)19-12-5-10(15)7-17-14(12)20/h2-5,7H,6,8H2,1H3. The molecule has 0 fully saturated rings. The van der Waals surface area contributed by atoms with Gasteiger partial charge in [0.25, 0.3) is 0 Å². The molecule has 0 unspecified atom stereocenters. The molecule has 6 heteroatoms. The van der Waals surface area contributed by atoms with Crippen molar-refractivity contribution in [2.24, 2.45) is 0 Å². The fraction of sp³-hybridized carbons (Fsp3) is 0.214. The lowest BCUT2D eigenvalue weighted by Gasteiger charge is -2.07. The Bertz CT molecular complexity index is 769. The highest BCUT2D eigenvalue weighted by Gasteiger charge is 2.12. The van der Waals surface area contributed by atoms with Gasteiger partial charge in [-0.1, -0.05) is 6.07 Å². The van der Waals surface area contributed by atoms with Crippen LogP contribution in [0.3, 0.4) is 0 Å². The van der Waals surface area contributed by atoms with E-state index in [4.69, 9.17) is 11.6 Å². The molecule has 3 aromatic rings. The van der Waals surface area contributed by atoms with Crippen molar-refractivity contribution in [1.29, 1.82) is 0 Å². The van der Waals surface area contributed by atoms with Crippen LogP contribution < -0.4 is 0 Å². The second-order valence-corrected chi connectivity index (χ2v) is 5.70. The normalized spacial score (nSPS) is 11.2. The van der Waals surface area contributed by atoms with E-state index in [-0.39, 0.29) is 0 Å². The minimum absolute atomic E-state index is 0.347. The first-order valence-corrected chi connectivity index (χ1v) is 7.49. The number of alkyl halides is 1. The summed E-state index contributed by atoms with van der Waals surface area (Å²) in [5.41, 5.74) is 3.63. The zero-order valence-electron chi connectivity index (χ0n) is 10.8.